The average Bonchev–Trinajstić information content (AvgIpc) is 3.35. The number of nitrogens with zero attached hydrogens (tertiary/aromatic N) is 3. The second-order valence-electron chi connectivity index (χ2n) is 7.53. The van der Waals surface area contributed by atoms with E-state index >= 15 is 0 Å². The number of rotatable bonds is 4. The fourth-order valence-corrected chi connectivity index (χ4v) is 4.31. The Balaban J connectivity index is 1.32. The predicted molar refractivity (Wildman–Crippen MR) is 91.6 cm³/mol. The Hall–Kier alpha value is -2.02. The van der Waals surface area contributed by atoms with Crippen LogP contribution in [0.15, 0.2) is 18.3 Å². The molecule has 26 heavy (non-hydrogen) atoms. The van der Waals surface area contributed by atoms with Gasteiger partial charge in [-0.15, -0.1) is 0 Å². The Morgan fingerprint density at radius 1 is 1.15 bits per heavy atom. The molecular formula is C19H24FN3O3. The molecule has 0 radical (unpaired) electrons. The van der Waals surface area contributed by atoms with Gasteiger partial charge in [-0.25, -0.2) is 4.39 Å². The lowest BCUT2D eigenvalue weighted by Crippen LogP contribution is -2.34. The van der Waals surface area contributed by atoms with Crippen LogP contribution in [0.2, 0.25) is 0 Å². The van der Waals surface area contributed by atoms with E-state index in [-0.39, 0.29) is 36.2 Å². The van der Waals surface area contributed by atoms with Crippen LogP contribution in [0.4, 0.5) is 4.39 Å². The molecule has 140 valence electrons. The summed E-state index contributed by atoms with van der Waals surface area (Å²) in [7, 11) is 0. The molecular weight excluding hydrogens is 337 g/mol. The van der Waals surface area contributed by atoms with Crippen molar-refractivity contribution in [1.29, 1.82) is 0 Å². The molecule has 7 heteroatoms. The summed E-state index contributed by atoms with van der Waals surface area (Å²) in [5, 5.41) is 0. The van der Waals surface area contributed by atoms with Gasteiger partial charge in [-0.3, -0.25) is 14.6 Å². The molecule has 0 aromatic carbocycles. The third-order valence-electron chi connectivity index (χ3n) is 5.81. The van der Waals surface area contributed by atoms with Gasteiger partial charge in [0.2, 0.25) is 11.8 Å². The lowest BCUT2D eigenvalue weighted by atomic mass is 9.90. The van der Waals surface area contributed by atoms with E-state index in [2.05, 4.69) is 4.98 Å². The van der Waals surface area contributed by atoms with Gasteiger partial charge < -0.3 is 14.5 Å². The minimum atomic E-state index is -0.407. The number of ether oxygens (including phenoxy) is 1. The van der Waals surface area contributed by atoms with Crippen LogP contribution in [0.5, 0.6) is 0 Å². The van der Waals surface area contributed by atoms with Crippen molar-refractivity contribution in [2.75, 3.05) is 32.8 Å². The highest BCUT2D eigenvalue weighted by Crippen LogP contribution is 2.36. The van der Waals surface area contributed by atoms with Crippen LogP contribution < -0.4 is 0 Å². The van der Waals surface area contributed by atoms with Gasteiger partial charge in [-0.1, -0.05) is 0 Å². The van der Waals surface area contributed by atoms with Gasteiger partial charge in [0.1, 0.15) is 5.82 Å². The van der Waals surface area contributed by atoms with Crippen LogP contribution in [-0.2, 0) is 20.7 Å². The minimum absolute atomic E-state index is 0.0215. The van der Waals surface area contributed by atoms with Gasteiger partial charge in [0.05, 0.1) is 25.3 Å². The molecule has 1 aromatic heterocycles. The summed E-state index contributed by atoms with van der Waals surface area (Å²) in [6.45, 7) is 3.55. The van der Waals surface area contributed by atoms with Crippen molar-refractivity contribution in [2.24, 2.45) is 11.8 Å². The van der Waals surface area contributed by atoms with Gasteiger partial charge in [-0.05, 0) is 30.9 Å². The smallest absolute Gasteiger partial charge is 0.228 e. The molecule has 2 amide bonds. The molecule has 6 nitrogen and oxygen atoms in total. The van der Waals surface area contributed by atoms with E-state index in [1.807, 2.05) is 4.90 Å². The first kappa shape index (κ1) is 17.4. The third-order valence-corrected chi connectivity index (χ3v) is 5.81. The van der Waals surface area contributed by atoms with Crippen molar-refractivity contribution in [1.82, 2.24) is 14.8 Å². The molecule has 3 saturated heterocycles. The highest BCUT2D eigenvalue weighted by atomic mass is 19.1. The number of carbonyl (C=O) groups is 2. The maximum absolute atomic E-state index is 12.9. The number of carbonyl (C=O) groups excluding carboxylic acids is 2. The number of hydrogen-bond acceptors (Lipinski definition) is 4. The van der Waals surface area contributed by atoms with E-state index in [9.17, 15) is 14.0 Å². The van der Waals surface area contributed by atoms with Crippen LogP contribution >= 0.6 is 0 Å². The molecule has 0 spiro atoms. The summed E-state index contributed by atoms with van der Waals surface area (Å²) in [6.07, 6.45) is 4.03. The number of hydrogen-bond donors (Lipinski definition) is 0. The summed E-state index contributed by atoms with van der Waals surface area (Å²) in [5.41, 5.74) is 0.565. The quantitative estimate of drug-likeness (QED) is 0.810. The fraction of sp³-hybridized carbons (Fsp3) is 0.632. The zero-order chi connectivity index (χ0) is 18.1. The number of halogens is 1. The van der Waals surface area contributed by atoms with E-state index in [1.165, 1.54) is 12.1 Å². The van der Waals surface area contributed by atoms with Crippen LogP contribution in [0.3, 0.4) is 0 Å². The van der Waals surface area contributed by atoms with Crippen LogP contribution in [0, 0.1) is 17.7 Å². The Morgan fingerprint density at radius 2 is 1.96 bits per heavy atom. The van der Waals surface area contributed by atoms with E-state index in [0.717, 1.165) is 32.1 Å². The molecule has 3 atom stereocenters. The molecule has 3 fully saturated rings. The van der Waals surface area contributed by atoms with Gasteiger partial charge in [-0.2, -0.15) is 0 Å². The normalized spacial score (nSPS) is 27.8. The van der Waals surface area contributed by atoms with Crippen LogP contribution in [0.1, 0.15) is 25.0 Å². The summed E-state index contributed by atoms with van der Waals surface area (Å²) in [4.78, 5) is 32.7. The van der Waals surface area contributed by atoms with Gasteiger partial charge in [0, 0.05) is 44.2 Å². The second-order valence-corrected chi connectivity index (χ2v) is 7.53. The molecule has 1 aromatic rings. The molecule has 0 N–H and O–H groups in total. The Kier molecular flexibility index (Phi) is 4.89. The number of amides is 2. The molecule has 0 bridgehead atoms. The van der Waals surface area contributed by atoms with Crippen molar-refractivity contribution in [2.45, 2.75) is 31.8 Å². The third kappa shape index (κ3) is 3.58. The monoisotopic (exact) mass is 361 g/mol. The Labute approximate surface area is 152 Å². The summed E-state index contributed by atoms with van der Waals surface area (Å²) >= 11 is 0. The topological polar surface area (TPSA) is 62.7 Å². The zero-order valence-corrected chi connectivity index (χ0v) is 14.8. The first-order valence-electron chi connectivity index (χ1n) is 9.38. The number of fused-ring (bicyclic) bond motifs is 1. The molecule has 3 aliphatic rings. The number of likely N-dealkylation sites (tertiary alicyclic amines) is 2. The molecule has 4 rings (SSSR count). The first-order valence-corrected chi connectivity index (χ1v) is 9.38. The molecule has 4 heterocycles. The van der Waals surface area contributed by atoms with Crippen LogP contribution in [-0.4, -0.2) is 65.5 Å². The van der Waals surface area contributed by atoms with Crippen molar-refractivity contribution < 1.29 is 18.7 Å². The highest BCUT2D eigenvalue weighted by molar-refractivity contribution is 5.79. The SMILES string of the molecule is O=C(C[C@H]1CO[C@@H]2CN(C(=O)Cc3ccc(F)cn3)C[C@H]12)N1CCCC1. The summed E-state index contributed by atoms with van der Waals surface area (Å²) in [5.74, 6) is 0.209. The highest BCUT2D eigenvalue weighted by Gasteiger charge is 2.46. The van der Waals surface area contributed by atoms with Crippen molar-refractivity contribution in [3.63, 3.8) is 0 Å². The Bertz CT molecular complexity index is 675. The maximum atomic E-state index is 12.9. The summed E-state index contributed by atoms with van der Waals surface area (Å²) in [6, 6.07) is 2.86. The van der Waals surface area contributed by atoms with Crippen molar-refractivity contribution in [3.8, 4) is 0 Å². The first-order chi connectivity index (χ1) is 12.6. The van der Waals surface area contributed by atoms with E-state index in [0.29, 0.717) is 31.8 Å². The molecule has 0 unspecified atom stereocenters. The summed E-state index contributed by atoms with van der Waals surface area (Å²) < 4.78 is 18.8. The zero-order valence-electron chi connectivity index (χ0n) is 14.8. The fourth-order valence-electron chi connectivity index (χ4n) is 4.31. The largest absolute Gasteiger partial charge is 0.376 e. The number of pyridine rings is 1. The molecule has 0 saturated carbocycles. The Morgan fingerprint density at radius 3 is 2.69 bits per heavy atom. The lowest BCUT2D eigenvalue weighted by Gasteiger charge is -2.22. The second kappa shape index (κ2) is 7.31. The van der Waals surface area contributed by atoms with E-state index < -0.39 is 5.82 Å². The average molecular weight is 361 g/mol. The van der Waals surface area contributed by atoms with Crippen molar-refractivity contribution in [3.05, 3.63) is 29.8 Å². The molecule has 0 aliphatic carbocycles. The lowest BCUT2D eigenvalue weighted by molar-refractivity contribution is -0.131. The standard InChI is InChI=1S/C19H24FN3O3/c20-14-3-4-15(21-9-14)8-19(25)23-10-16-13(12-26-17(16)11-23)7-18(24)22-5-1-2-6-22/h3-4,9,13,16-17H,1-2,5-8,10-12H2/t13-,16+,17+/m0/s1. The van der Waals surface area contributed by atoms with Gasteiger partial charge >= 0.3 is 0 Å². The van der Waals surface area contributed by atoms with E-state index in [4.69, 9.17) is 4.74 Å². The van der Waals surface area contributed by atoms with Crippen LogP contribution in [0.25, 0.3) is 0 Å². The van der Waals surface area contributed by atoms with Crippen molar-refractivity contribution >= 4 is 11.8 Å². The predicted octanol–water partition coefficient (Wildman–Crippen LogP) is 1.25. The van der Waals surface area contributed by atoms with E-state index in [1.54, 1.807) is 4.90 Å². The van der Waals surface area contributed by atoms with Gasteiger partial charge in [0.25, 0.3) is 0 Å². The molecule has 3 aliphatic heterocycles. The maximum Gasteiger partial charge on any atom is 0.228 e. The minimum Gasteiger partial charge on any atom is -0.376 e. The number of aromatic nitrogens is 1. The van der Waals surface area contributed by atoms with Gasteiger partial charge in [0.15, 0.2) is 0 Å².